The summed E-state index contributed by atoms with van der Waals surface area (Å²) in [6.07, 6.45) is 0. The van der Waals surface area contributed by atoms with Crippen LogP contribution in [0.3, 0.4) is 0 Å². The molecular formula is C6H5BBrNO5. The smallest absolute Gasteiger partial charge is 0.512 e. The van der Waals surface area contributed by atoms with E-state index in [0.717, 1.165) is 6.07 Å². The quantitative estimate of drug-likeness (QED) is 0.475. The highest BCUT2D eigenvalue weighted by Gasteiger charge is 2.16. The first-order valence-corrected chi connectivity index (χ1v) is 4.26. The van der Waals surface area contributed by atoms with Crippen molar-refractivity contribution < 1.29 is 19.6 Å². The van der Waals surface area contributed by atoms with Gasteiger partial charge in [-0.2, -0.15) is 0 Å². The van der Waals surface area contributed by atoms with Gasteiger partial charge in [-0.15, -0.1) is 0 Å². The van der Waals surface area contributed by atoms with E-state index in [9.17, 15) is 10.1 Å². The zero-order valence-electron chi connectivity index (χ0n) is 6.75. The molecule has 0 radical (unpaired) electrons. The van der Waals surface area contributed by atoms with Crippen LogP contribution in [0.1, 0.15) is 0 Å². The summed E-state index contributed by atoms with van der Waals surface area (Å²) in [5.74, 6) is 0.00917. The molecular weight excluding hydrogens is 257 g/mol. The van der Waals surface area contributed by atoms with Crippen LogP contribution >= 0.6 is 15.9 Å². The molecule has 8 heteroatoms. The third-order valence-electron chi connectivity index (χ3n) is 1.36. The lowest BCUT2D eigenvalue weighted by Crippen LogP contribution is -2.20. The molecule has 0 saturated carbocycles. The zero-order valence-corrected chi connectivity index (χ0v) is 8.34. The van der Waals surface area contributed by atoms with Gasteiger partial charge in [0.25, 0.3) is 5.69 Å². The molecule has 0 atom stereocenters. The van der Waals surface area contributed by atoms with Gasteiger partial charge in [0.1, 0.15) is 5.75 Å². The molecule has 0 heterocycles. The Morgan fingerprint density at radius 3 is 2.64 bits per heavy atom. The Bertz CT molecular complexity index is 358. The average Bonchev–Trinajstić information content (AvgIpc) is 2.07. The van der Waals surface area contributed by atoms with Crippen molar-refractivity contribution >= 4 is 28.9 Å². The van der Waals surface area contributed by atoms with Crippen LogP contribution in [-0.2, 0) is 0 Å². The third-order valence-corrected chi connectivity index (χ3v) is 2.03. The first-order valence-electron chi connectivity index (χ1n) is 3.47. The lowest BCUT2D eigenvalue weighted by atomic mass is 10.2. The van der Waals surface area contributed by atoms with Gasteiger partial charge in [-0.25, -0.2) is 0 Å². The fourth-order valence-corrected chi connectivity index (χ4v) is 1.22. The molecule has 0 saturated heterocycles. The molecule has 14 heavy (non-hydrogen) atoms. The zero-order chi connectivity index (χ0) is 10.7. The summed E-state index contributed by atoms with van der Waals surface area (Å²) in [6.45, 7) is 0. The van der Waals surface area contributed by atoms with Crippen molar-refractivity contribution in [3.63, 3.8) is 0 Å². The van der Waals surface area contributed by atoms with Gasteiger partial charge < -0.3 is 14.7 Å². The van der Waals surface area contributed by atoms with E-state index >= 15 is 0 Å². The molecule has 0 aromatic heterocycles. The molecule has 74 valence electrons. The number of nitro benzene ring substituents is 1. The predicted octanol–water partition coefficient (Wildman–Crippen LogP) is 0.706. The molecule has 0 amide bonds. The monoisotopic (exact) mass is 261 g/mol. The van der Waals surface area contributed by atoms with Crippen molar-refractivity contribution in [2.45, 2.75) is 0 Å². The van der Waals surface area contributed by atoms with Crippen LogP contribution in [-0.4, -0.2) is 22.3 Å². The minimum Gasteiger partial charge on any atom is -0.512 e. The van der Waals surface area contributed by atoms with Gasteiger partial charge in [0.2, 0.25) is 0 Å². The Labute approximate surface area is 87.6 Å². The second-order valence-corrected chi connectivity index (χ2v) is 3.17. The minimum atomic E-state index is -1.99. The number of nitrogens with zero attached hydrogens (tertiary/aromatic N) is 1. The van der Waals surface area contributed by atoms with E-state index in [1.807, 2.05) is 0 Å². The van der Waals surface area contributed by atoms with Gasteiger partial charge in [-0.1, -0.05) is 0 Å². The first kappa shape index (κ1) is 11.0. The van der Waals surface area contributed by atoms with E-state index in [1.54, 1.807) is 0 Å². The van der Waals surface area contributed by atoms with E-state index in [2.05, 4.69) is 20.6 Å². The topological polar surface area (TPSA) is 92.8 Å². The molecule has 0 unspecified atom stereocenters. The summed E-state index contributed by atoms with van der Waals surface area (Å²) in [7, 11) is -1.99. The van der Waals surface area contributed by atoms with Gasteiger partial charge in [-0.3, -0.25) is 10.1 Å². The van der Waals surface area contributed by atoms with Gasteiger partial charge in [-0.05, 0) is 28.1 Å². The molecule has 2 N–H and O–H groups in total. The molecule has 1 aromatic carbocycles. The van der Waals surface area contributed by atoms with E-state index in [1.165, 1.54) is 12.1 Å². The highest BCUT2D eigenvalue weighted by molar-refractivity contribution is 9.10. The van der Waals surface area contributed by atoms with Crippen molar-refractivity contribution in [1.82, 2.24) is 0 Å². The van der Waals surface area contributed by atoms with Crippen molar-refractivity contribution in [2.75, 3.05) is 0 Å². The Morgan fingerprint density at radius 2 is 2.14 bits per heavy atom. The van der Waals surface area contributed by atoms with Gasteiger partial charge >= 0.3 is 7.32 Å². The molecule has 6 nitrogen and oxygen atoms in total. The normalized spacial score (nSPS) is 9.64. The van der Waals surface area contributed by atoms with Crippen molar-refractivity contribution in [1.29, 1.82) is 0 Å². The summed E-state index contributed by atoms with van der Waals surface area (Å²) in [5, 5.41) is 27.4. The number of nitro groups is 1. The number of hydrogen-bond acceptors (Lipinski definition) is 5. The third kappa shape index (κ3) is 2.69. The van der Waals surface area contributed by atoms with Gasteiger partial charge in [0.05, 0.1) is 15.5 Å². The second kappa shape index (κ2) is 4.40. The lowest BCUT2D eigenvalue weighted by molar-refractivity contribution is -0.385. The maximum absolute atomic E-state index is 10.5. The predicted molar refractivity (Wildman–Crippen MR) is 51.6 cm³/mol. The molecule has 0 spiro atoms. The summed E-state index contributed by atoms with van der Waals surface area (Å²) >= 11 is 2.98. The van der Waals surface area contributed by atoms with Gasteiger partial charge in [0.15, 0.2) is 0 Å². The minimum absolute atomic E-state index is 0.00917. The van der Waals surface area contributed by atoms with E-state index in [-0.39, 0.29) is 11.4 Å². The first-order chi connectivity index (χ1) is 6.50. The number of benzene rings is 1. The van der Waals surface area contributed by atoms with Crippen LogP contribution in [0.25, 0.3) is 0 Å². The summed E-state index contributed by atoms with van der Waals surface area (Å²) in [5.41, 5.74) is -0.205. The van der Waals surface area contributed by atoms with Crippen LogP contribution in [0, 0.1) is 10.1 Å². The Balaban J connectivity index is 3.00. The molecule has 0 aliphatic heterocycles. The van der Waals surface area contributed by atoms with Crippen molar-refractivity contribution in [3.05, 3.63) is 32.8 Å². The number of rotatable bonds is 3. The highest BCUT2D eigenvalue weighted by Crippen LogP contribution is 2.28. The Hall–Kier alpha value is -1.12. The SMILES string of the molecule is O=[N+]([O-])c1cc(OB(O)O)ccc1Br. The Morgan fingerprint density at radius 1 is 1.50 bits per heavy atom. The number of halogens is 1. The van der Waals surface area contributed by atoms with Crippen molar-refractivity contribution in [3.8, 4) is 5.75 Å². The van der Waals surface area contributed by atoms with Crippen LogP contribution in [0.4, 0.5) is 5.69 Å². The fraction of sp³-hybridized carbons (Fsp3) is 0. The molecule has 0 fully saturated rings. The van der Waals surface area contributed by atoms with Crippen LogP contribution in [0.5, 0.6) is 5.75 Å². The summed E-state index contributed by atoms with van der Waals surface area (Å²) in [6, 6.07) is 3.84. The maximum atomic E-state index is 10.5. The van der Waals surface area contributed by atoms with Gasteiger partial charge in [0, 0.05) is 0 Å². The number of hydrogen-bond donors (Lipinski definition) is 2. The highest BCUT2D eigenvalue weighted by atomic mass is 79.9. The summed E-state index contributed by atoms with van der Waals surface area (Å²) in [4.78, 5) is 9.84. The molecule has 1 rings (SSSR count). The molecule has 0 aliphatic carbocycles. The van der Waals surface area contributed by atoms with Crippen LogP contribution in [0.15, 0.2) is 22.7 Å². The molecule has 1 aromatic rings. The van der Waals surface area contributed by atoms with E-state index in [4.69, 9.17) is 10.0 Å². The van der Waals surface area contributed by atoms with Crippen LogP contribution in [0.2, 0.25) is 0 Å². The second-order valence-electron chi connectivity index (χ2n) is 2.31. The standard InChI is InChI=1S/C6H5BBrNO5/c8-5-2-1-4(14-7(10)11)3-6(5)9(12)13/h1-3,10-11H. The largest absolute Gasteiger partial charge is 0.707 e. The lowest BCUT2D eigenvalue weighted by Gasteiger charge is -2.04. The fourth-order valence-electron chi connectivity index (χ4n) is 0.827. The van der Waals surface area contributed by atoms with E-state index in [0.29, 0.717) is 4.47 Å². The molecule has 0 aliphatic rings. The molecule has 0 bridgehead atoms. The van der Waals surface area contributed by atoms with Crippen molar-refractivity contribution in [2.24, 2.45) is 0 Å². The van der Waals surface area contributed by atoms with Crippen LogP contribution < -0.4 is 4.65 Å². The average molecular weight is 262 g/mol. The van der Waals surface area contributed by atoms with E-state index < -0.39 is 12.2 Å². The summed E-state index contributed by atoms with van der Waals surface area (Å²) < 4.78 is 4.74. The Kier molecular flexibility index (Phi) is 3.45. The maximum Gasteiger partial charge on any atom is 0.707 e.